The molecule has 9 rings (SSSR count). The van der Waals surface area contributed by atoms with Crippen molar-refractivity contribution >= 4 is 45.9 Å². The van der Waals surface area contributed by atoms with E-state index in [9.17, 15) is 24.3 Å². The fourth-order valence-electron chi connectivity index (χ4n) is 9.16. The van der Waals surface area contributed by atoms with E-state index in [2.05, 4.69) is 42.3 Å². The summed E-state index contributed by atoms with van der Waals surface area (Å²) in [6.07, 6.45) is 10.9. The number of hydrogen-bond donors (Lipinski definition) is 3. The molecule has 1 aromatic carbocycles. The van der Waals surface area contributed by atoms with Gasteiger partial charge in [-0.1, -0.05) is 17.9 Å². The van der Waals surface area contributed by atoms with Gasteiger partial charge in [0.25, 0.3) is 5.91 Å². The molecule has 314 valence electrons. The van der Waals surface area contributed by atoms with Crippen LogP contribution in [0, 0.1) is 17.8 Å². The molecule has 1 saturated carbocycles. The Labute approximate surface area is 347 Å². The van der Waals surface area contributed by atoms with Gasteiger partial charge in [-0.25, -0.2) is 14.3 Å². The summed E-state index contributed by atoms with van der Waals surface area (Å²) in [5.74, 6) is 6.93. The smallest absolute Gasteiger partial charge is 0.329 e. The van der Waals surface area contributed by atoms with Crippen LogP contribution in [0.4, 0.5) is 11.5 Å². The van der Waals surface area contributed by atoms with E-state index in [1.807, 2.05) is 41.3 Å². The zero-order valence-corrected chi connectivity index (χ0v) is 34.4. The number of fused-ring (bicyclic) bond motifs is 2. The Hall–Kier alpha value is -5.83. The lowest BCUT2D eigenvalue weighted by Gasteiger charge is -2.37. The maximum Gasteiger partial charge on any atom is 0.329 e. The minimum Gasteiger partial charge on any atom is -0.384 e. The normalized spacial score (nSPS) is 21.8. The molecule has 4 fully saturated rings. The molecule has 5 aromatic rings. The number of hydrogen-bond acceptors (Lipinski definition) is 11. The molecule has 17 nitrogen and oxygen atoms in total. The summed E-state index contributed by atoms with van der Waals surface area (Å²) in [6.45, 7) is 10.7. The number of amides is 3. The molecule has 4 aromatic heterocycles. The highest BCUT2D eigenvalue weighted by Gasteiger charge is 2.33. The number of carbonyl (C=O) groups is 3. The van der Waals surface area contributed by atoms with Gasteiger partial charge in [-0.2, -0.15) is 10.2 Å². The number of benzene rings is 1. The summed E-state index contributed by atoms with van der Waals surface area (Å²) in [5, 5.41) is 25.6. The number of imidazole rings is 1. The van der Waals surface area contributed by atoms with Crippen molar-refractivity contribution in [3.8, 4) is 11.8 Å². The molecule has 0 radical (unpaired) electrons. The average molecular weight is 817 g/mol. The molecule has 1 unspecified atom stereocenters. The molecule has 4 aliphatic rings. The Bertz CT molecular complexity index is 2580. The monoisotopic (exact) mass is 816 g/mol. The summed E-state index contributed by atoms with van der Waals surface area (Å²) in [5.41, 5.74) is 2.26. The van der Waals surface area contributed by atoms with E-state index in [4.69, 9.17) is 10.1 Å². The number of aryl methyl sites for hydroxylation is 1. The van der Waals surface area contributed by atoms with Crippen LogP contribution >= 0.6 is 0 Å². The number of para-hydroxylation sites is 1. The van der Waals surface area contributed by atoms with Crippen LogP contribution in [0.15, 0.2) is 47.7 Å². The molecule has 0 bridgehead atoms. The average Bonchev–Trinajstić information content (AvgIpc) is 3.90. The van der Waals surface area contributed by atoms with Crippen LogP contribution in [0.5, 0.6) is 0 Å². The third-order valence-electron chi connectivity index (χ3n) is 12.7. The van der Waals surface area contributed by atoms with E-state index in [-0.39, 0.29) is 36.4 Å². The first-order valence-corrected chi connectivity index (χ1v) is 21.1. The van der Waals surface area contributed by atoms with Gasteiger partial charge in [0, 0.05) is 71.7 Å². The van der Waals surface area contributed by atoms with Crippen LogP contribution in [0.1, 0.15) is 92.5 Å². The Morgan fingerprint density at radius 1 is 1.00 bits per heavy atom. The van der Waals surface area contributed by atoms with E-state index in [1.54, 1.807) is 30.0 Å². The van der Waals surface area contributed by atoms with Crippen molar-refractivity contribution in [2.45, 2.75) is 76.5 Å². The molecule has 60 heavy (non-hydrogen) atoms. The summed E-state index contributed by atoms with van der Waals surface area (Å²) in [4.78, 5) is 63.1. The second-order valence-electron chi connectivity index (χ2n) is 17.2. The van der Waals surface area contributed by atoms with Gasteiger partial charge in [-0.05, 0) is 76.5 Å². The van der Waals surface area contributed by atoms with Crippen LogP contribution in [0.3, 0.4) is 0 Å². The predicted molar refractivity (Wildman–Crippen MR) is 225 cm³/mol. The maximum atomic E-state index is 13.6. The van der Waals surface area contributed by atoms with Crippen molar-refractivity contribution < 1.29 is 19.5 Å². The standard InChI is InChI=1S/C43H52N12O5/c1-43(2,60)38-32(45-40(57)31-25-44-53-20-16-35(46-39(31)53)52-18-6-19-52)27-54(48-38)30-12-10-28(11-13-30)26-51-23-21-50(22-24-51)17-5-8-29-7-4-9-33-37(29)49(3)42(59)55(33)34-14-15-36(56)47-41(34)58/h4,7,9,16,20,25,27-28,30,34,60H,6,10-15,17-19,21-24,26H2,1-3H3,(H,45,57)(H,47,56,58)/t28-,30-,34?. The minimum atomic E-state index is -1.26. The van der Waals surface area contributed by atoms with Crippen LogP contribution in [0.25, 0.3) is 16.7 Å². The number of aromatic nitrogens is 7. The number of nitrogens with zero attached hydrogens (tertiary/aromatic N) is 10. The number of nitrogens with one attached hydrogen (secondary N) is 2. The van der Waals surface area contributed by atoms with Gasteiger partial charge < -0.3 is 20.2 Å². The predicted octanol–water partition coefficient (Wildman–Crippen LogP) is 2.65. The van der Waals surface area contributed by atoms with E-state index < -0.39 is 17.6 Å². The molecular formula is C43H52N12O5. The van der Waals surface area contributed by atoms with Crippen LogP contribution in [-0.4, -0.2) is 118 Å². The molecule has 0 spiro atoms. The zero-order chi connectivity index (χ0) is 41.7. The number of imide groups is 1. The highest BCUT2D eigenvalue weighted by molar-refractivity contribution is 6.08. The molecule has 3 N–H and O–H groups in total. The number of carbonyl (C=O) groups excluding carboxylic acids is 3. The largest absolute Gasteiger partial charge is 0.384 e. The quantitative estimate of drug-likeness (QED) is 0.147. The van der Waals surface area contributed by atoms with Crippen molar-refractivity contribution in [1.82, 2.24) is 48.6 Å². The van der Waals surface area contributed by atoms with Crippen molar-refractivity contribution in [2.24, 2.45) is 13.0 Å². The Morgan fingerprint density at radius 3 is 2.48 bits per heavy atom. The van der Waals surface area contributed by atoms with Crippen LogP contribution in [-0.2, 0) is 22.2 Å². The molecule has 1 aliphatic carbocycles. The number of rotatable bonds is 9. The lowest BCUT2D eigenvalue weighted by Crippen LogP contribution is -2.48. The SMILES string of the molecule is Cn1c(=O)n(C2CCC(=O)NC2=O)c2cccc(C#CCN3CCN(C[C@H]4CC[C@H](n5cc(NC(=O)c6cnn7ccc(N8CCC8)nc67)c(C(C)(C)O)n5)CC4)CC3)c21. The number of piperidine rings is 1. The lowest BCUT2D eigenvalue weighted by atomic mass is 9.85. The van der Waals surface area contributed by atoms with Crippen molar-refractivity contribution in [3.63, 3.8) is 0 Å². The second kappa shape index (κ2) is 16.0. The second-order valence-corrected chi connectivity index (χ2v) is 17.2. The molecular weight excluding hydrogens is 765 g/mol. The van der Waals surface area contributed by atoms with Crippen LogP contribution in [0.2, 0.25) is 0 Å². The van der Waals surface area contributed by atoms with Gasteiger partial charge in [0.05, 0.1) is 41.1 Å². The summed E-state index contributed by atoms with van der Waals surface area (Å²) in [7, 11) is 1.69. The Morgan fingerprint density at radius 2 is 1.77 bits per heavy atom. The van der Waals surface area contributed by atoms with E-state index in [1.165, 1.54) is 10.8 Å². The molecule has 1 atom stereocenters. The van der Waals surface area contributed by atoms with Gasteiger partial charge in [-0.3, -0.25) is 38.4 Å². The summed E-state index contributed by atoms with van der Waals surface area (Å²) in [6, 6.07) is 6.93. The third-order valence-corrected chi connectivity index (χ3v) is 12.7. The van der Waals surface area contributed by atoms with E-state index in [0.29, 0.717) is 46.1 Å². The summed E-state index contributed by atoms with van der Waals surface area (Å²) >= 11 is 0. The number of piperazine rings is 1. The Balaban J connectivity index is 0.778. The first-order valence-electron chi connectivity index (χ1n) is 21.1. The molecule has 3 aliphatic heterocycles. The van der Waals surface area contributed by atoms with Gasteiger partial charge in [0.2, 0.25) is 11.8 Å². The molecule has 3 amide bonds. The van der Waals surface area contributed by atoms with Gasteiger partial charge >= 0.3 is 5.69 Å². The Kier molecular flexibility index (Phi) is 10.6. The number of aliphatic hydroxyl groups is 1. The first kappa shape index (κ1) is 39.6. The summed E-state index contributed by atoms with van der Waals surface area (Å²) < 4.78 is 6.57. The fraction of sp³-hybridized carbons (Fsp3) is 0.512. The van der Waals surface area contributed by atoms with E-state index in [0.717, 1.165) is 89.3 Å². The van der Waals surface area contributed by atoms with Gasteiger partial charge in [0.15, 0.2) is 5.65 Å². The highest BCUT2D eigenvalue weighted by atomic mass is 16.3. The van der Waals surface area contributed by atoms with Gasteiger partial charge in [-0.15, -0.1) is 0 Å². The van der Waals surface area contributed by atoms with Crippen LogP contribution < -0.4 is 21.2 Å². The van der Waals surface area contributed by atoms with Crippen molar-refractivity contribution in [1.29, 1.82) is 0 Å². The van der Waals surface area contributed by atoms with Crippen molar-refractivity contribution in [2.75, 3.05) is 62.6 Å². The molecule has 3 saturated heterocycles. The number of anilines is 2. The van der Waals surface area contributed by atoms with Gasteiger partial charge in [0.1, 0.15) is 28.7 Å². The third kappa shape index (κ3) is 7.70. The lowest BCUT2D eigenvalue weighted by molar-refractivity contribution is -0.135. The zero-order valence-electron chi connectivity index (χ0n) is 34.4. The highest BCUT2D eigenvalue weighted by Crippen LogP contribution is 2.36. The first-order chi connectivity index (χ1) is 28.9. The minimum absolute atomic E-state index is 0.172. The molecule has 17 heteroatoms. The maximum absolute atomic E-state index is 13.6. The topological polar surface area (TPSA) is 180 Å². The van der Waals surface area contributed by atoms with Crippen molar-refractivity contribution in [3.05, 3.63) is 70.2 Å². The molecule has 7 heterocycles. The fourth-order valence-corrected chi connectivity index (χ4v) is 9.16. The van der Waals surface area contributed by atoms with E-state index >= 15 is 0 Å².